The molecule has 0 spiro atoms. The molecule has 0 radical (unpaired) electrons. The van der Waals surface area contributed by atoms with E-state index in [-0.39, 0.29) is 11.8 Å². The molecule has 0 aromatic heterocycles. The van der Waals surface area contributed by atoms with Gasteiger partial charge in [-0.3, -0.25) is 4.79 Å². The maximum atomic E-state index is 11.6. The SMILES string of the molecule is NC1CCc2ccccc2C(=O)C1. The summed E-state index contributed by atoms with van der Waals surface area (Å²) in [5.41, 5.74) is 7.81. The summed E-state index contributed by atoms with van der Waals surface area (Å²) in [6, 6.07) is 7.84. The minimum Gasteiger partial charge on any atom is -0.327 e. The number of benzene rings is 1. The van der Waals surface area contributed by atoms with Gasteiger partial charge in [0.1, 0.15) is 0 Å². The third-order valence-electron chi connectivity index (χ3n) is 2.55. The molecule has 0 saturated carbocycles. The molecule has 1 aliphatic carbocycles. The van der Waals surface area contributed by atoms with Gasteiger partial charge in [0.2, 0.25) is 0 Å². The number of hydrogen-bond acceptors (Lipinski definition) is 2. The summed E-state index contributed by atoms with van der Waals surface area (Å²) in [6.45, 7) is 0. The zero-order valence-corrected chi connectivity index (χ0v) is 7.49. The highest BCUT2D eigenvalue weighted by molar-refractivity contribution is 5.98. The number of carbonyl (C=O) groups is 1. The molecule has 0 aliphatic heterocycles. The Morgan fingerprint density at radius 3 is 2.92 bits per heavy atom. The molecule has 2 N–H and O–H groups in total. The van der Waals surface area contributed by atoms with E-state index in [1.807, 2.05) is 24.3 Å². The van der Waals surface area contributed by atoms with Crippen LogP contribution in [-0.4, -0.2) is 11.8 Å². The third kappa shape index (κ3) is 1.63. The van der Waals surface area contributed by atoms with Crippen LogP contribution in [0.2, 0.25) is 0 Å². The largest absolute Gasteiger partial charge is 0.327 e. The molecule has 1 aromatic carbocycles. The highest BCUT2D eigenvalue weighted by Gasteiger charge is 2.18. The normalized spacial score (nSPS) is 22.2. The molecule has 1 aliphatic rings. The number of aryl methyl sites for hydroxylation is 1. The highest BCUT2D eigenvalue weighted by Crippen LogP contribution is 2.19. The van der Waals surface area contributed by atoms with E-state index in [4.69, 9.17) is 5.73 Å². The molecule has 13 heavy (non-hydrogen) atoms. The summed E-state index contributed by atoms with van der Waals surface area (Å²) >= 11 is 0. The van der Waals surface area contributed by atoms with Crippen molar-refractivity contribution in [3.63, 3.8) is 0 Å². The number of hydrogen-bond donors (Lipinski definition) is 1. The minimum absolute atomic E-state index is 0.0416. The van der Waals surface area contributed by atoms with Gasteiger partial charge in [-0.25, -0.2) is 0 Å². The van der Waals surface area contributed by atoms with Crippen LogP contribution in [0.25, 0.3) is 0 Å². The van der Waals surface area contributed by atoms with Crippen molar-refractivity contribution in [2.45, 2.75) is 25.3 Å². The lowest BCUT2D eigenvalue weighted by Gasteiger charge is -2.03. The number of fused-ring (bicyclic) bond motifs is 1. The Hall–Kier alpha value is -1.15. The lowest BCUT2D eigenvalue weighted by Crippen LogP contribution is -2.21. The first-order valence-corrected chi connectivity index (χ1v) is 4.64. The summed E-state index contributed by atoms with van der Waals surface area (Å²) in [7, 11) is 0. The Bertz CT molecular complexity index is 333. The van der Waals surface area contributed by atoms with E-state index in [9.17, 15) is 4.79 Å². The highest BCUT2D eigenvalue weighted by atomic mass is 16.1. The van der Waals surface area contributed by atoms with Crippen molar-refractivity contribution in [3.8, 4) is 0 Å². The fourth-order valence-electron chi connectivity index (χ4n) is 1.80. The van der Waals surface area contributed by atoms with Gasteiger partial charge >= 0.3 is 0 Å². The molecule has 0 bridgehead atoms. The van der Waals surface area contributed by atoms with Crippen molar-refractivity contribution < 1.29 is 4.79 Å². The Labute approximate surface area is 77.8 Å². The van der Waals surface area contributed by atoms with Crippen molar-refractivity contribution in [1.82, 2.24) is 0 Å². The molecule has 2 heteroatoms. The minimum atomic E-state index is 0.0416. The number of Topliss-reactive ketones (excluding diaryl/α,β-unsaturated/α-hetero) is 1. The van der Waals surface area contributed by atoms with Crippen LogP contribution in [0.15, 0.2) is 24.3 Å². The van der Waals surface area contributed by atoms with Gasteiger partial charge in [0, 0.05) is 18.0 Å². The van der Waals surface area contributed by atoms with Crippen LogP contribution in [0.3, 0.4) is 0 Å². The zero-order valence-electron chi connectivity index (χ0n) is 7.49. The maximum absolute atomic E-state index is 11.6. The Morgan fingerprint density at radius 2 is 2.08 bits per heavy atom. The van der Waals surface area contributed by atoms with Crippen LogP contribution in [-0.2, 0) is 6.42 Å². The average Bonchev–Trinajstić information content (AvgIpc) is 2.27. The van der Waals surface area contributed by atoms with E-state index < -0.39 is 0 Å². The van der Waals surface area contributed by atoms with Gasteiger partial charge in [0.15, 0.2) is 5.78 Å². The second-order valence-electron chi connectivity index (χ2n) is 3.58. The molecular formula is C11H13NO. The Kier molecular flexibility index (Phi) is 2.15. The molecular weight excluding hydrogens is 162 g/mol. The topological polar surface area (TPSA) is 43.1 Å². The first kappa shape index (κ1) is 8.45. The molecule has 0 saturated heterocycles. The molecule has 0 heterocycles. The Balaban J connectivity index is 2.40. The van der Waals surface area contributed by atoms with Gasteiger partial charge in [-0.2, -0.15) is 0 Å². The fourth-order valence-corrected chi connectivity index (χ4v) is 1.80. The first-order valence-electron chi connectivity index (χ1n) is 4.64. The van der Waals surface area contributed by atoms with Crippen molar-refractivity contribution >= 4 is 5.78 Å². The third-order valence-corrected chi connectivity index (χ3v) is 2.55. The zero-order chi connectivity index (χ0) is 9.26. The van der Waals surface area contributed by atoms with Crippen LogP contribution in [0.4, 0.5) is 0 Å². The van der Waals surface area contributed by atoms with Gasteiger partial charge < -0.3 is 5.73 Å². The van der Waals surface area contributed by atoms with Crippen molar-refractivity contribution in [2.24, 2.45) is 5.73 Å². The second kappa shape index (κ2) is 3.30. The summed E-state index contributed by atoms with van der Waals surface area (Å²) < 4.78 is 0. The summed E-state index contributed by atoms with van der Waals surface area (Å²) in [4.78, 5) is 11.6. The van der Waals surface area contributed by atoms with Gasteiger partial charge in [-0.1, -0.05) is 24.3 Å². The van der Waals surface area contributed by atoms with Gasteiger partial charge in [0.25, 0.3) is 0 Å². The summed E-state index contributed by atoms with van der Waals surface area (Å²) in [5.74, 6) is 0.195. The number of rotatable bonds is 0. The number of carbonyl (C=O) groups excluding carboxylic acids is 1. The fraction of sp³-hybridized carbons (Fsp3) is 0.364. The lowest BCUT2D eigenvalue weighted by molar-refractivity contribution is 0.0976. The standard InChI is InChI=1S/C11H13NO/c12-9-6-5-8-3-1-2-4-10(8)11(13)7-9/h1-4,9H,5-7,12H2. The van der Waals surface area contributed by atoms with Crippen LogP contribution >= 0.6 is 0 Å². The quantitative estimate of drug-likeness (QED) is 0.608. The van der Waals surface area contributed by atoms with Crippen LogP contribution in [0.5, 0.6) is 0 Å². The van der Waals surface area contributed by atoms with Crippen LogP contribution in [0.1, 0.15) is 28.8 Å². The van der Waals surface area contributed by atoms with E-state index in [0.717, 1.165) is 24.0 Å². The van der Waals surface area contributed by atoms with Gasteiger partial charge in [-0.15, -0.1) is 0 Å². The molecule has 1 atom stereocenters. The molecule has 0 amide bonds. The molecule has 68 valence electrons. The predicted octanol–water partition coefficient (Wildman–Crippen LogP) is 1.53. The van der Waals surface area contributed by atoms with Crippen LogP contribution < -0.4 is 5.73 Å². The van der Waals surface area contributed by atoms with Gasteiger partial charge in [0.05, 0.1) is 0 Å². The summed E-state index contributed by atoms with van der Waals surface area (Å²) in [5, 5.41) is 0. The lowest BCUT2D eigenvalue weighted by atomic mass is 10.0. The molecule has 1 aromatic rings. The maximum Gasteiger partial charge on any atom is 0.164 e. The van der Waals surface area contributed by atoms with E-state index in [2.05, 4.69) is 0 Å². The Morgan fingerprint density at radius 1 is 1.31 bits per heavy atom. The van der Waals surface area contributed by atoms with E-state index in [1.54, 1.807) is 0 Å². The van der Waals surface area contributed by atoms with E-state index in [1.165, 1.54) is 0 Å². The predicted molar refractivity (Wildman–Crippen MR) is 51.7 cm³/mol. The van der Waals surface area contributed by atoms with E-state index >= 15 is 0 Å². The number of nitrogens with two attached hydrogens (primary N) is 1. The van der Waals surface area contributed by atoms with Crippen molar-refractivity contribution in [3.05, 3.63) is 35.4 Å². The average molecular weight is 175 g/mol. The van der Waals surface area contributed by atoms with Crippen LogP contribution in [0, 0.1) is 0 Å². The van der Waals surface area contributed by atoms with Gasteiger partial charge in [-0.05, 0) is 18.4 Å². The molecule has 1 unspecified atom stereocenters. The number of ketones is 1. The molecule has 0 fully saturated rings. The summed E-state index contributed by atoms with van der Waals surface area (Å²) in [6.07, 6.45) is 2.35. The van der Waals surface area contributed by atoms with Crippen molar-refractivity contribution in [2.75, 3.05) is 0 Å². The molecule has 2 rings (SSSR count). The molecule has 2 nitrogen and oxygen atoms in total. The first-order chi connectivity index (χ1) is 6.27. The second-order valence-corrected chi connectivity index (χ2v) is 3.58. The monoisotopic (exact) mass is 175 g/mol. The smallest absolute Gasteiger partial charge is 0.164 e. The van der Waals surface area contributed by atoms with Crippen molar-refractivity contribution in [1.29, 1.82) is 0 Å². The van der Waals surface area contributed by atoms with E-state index in [0.29, 0.717) is 6.42 Å².